The predicted molar refractivity (Wildman–Crippen MR) is 136 cm³/mol. The van der Waals surface area contributed by atoms with Crippen LogP contribution in [0, 0.1) is 0 Å². The molecule has 0 fully saturated rings. The molecule has 0 aliphatic carbocycles. The largest absolute Gasteiger partial charge is 0.480 e. The number of carbonyl (C=O) groups is 2. The van der Waals surface area contributed by atoms with Crippen LogP contribution in [0.5, 0.6) is 0 Å². The zero-order valence-electron chi connectivity index (χ0n) is 19.5. The molecule has 0 bridgehead atoms. The van der Waals surface area contributed by atoms with Crippen molar-refractivity contribution < 1.29 is 27.9 Å². The van der Waals surface area contributed by atoms with E-state index in [4.69, 9.17) is 23.2 Å². The Bertz CT molecular complexity index is 1620. The molecule has 0 spiro atoms. The van der Waals surface area contributed by atoms with Crippen LogP contribution in [0.15, 0.2) is 65.7 Å². The number of aryl methyl sites for hydroxylation is 1. The average molecular weight is 564 g/mol. The molecule has 7 nitrogen and oxygen atoms in total. The fourth-order valence-corrected chi connectivity index (χ4v) is 4.62. The van der Waals surface area contributed by atoms with Gasteiger partial charge < -0.3 is 15.0 Å². The summed E-state index contributed by atoms with van der Waals surface area (Å²) < 4.78 is 41.2. The van der Waals surface area contributed by atoms with E-state index in [1.54, 1.807) is 12.1 Å². The summed E-state index contributed by atoms with van der Waals surface area (Å²) in [5.41, 5.74) is -1.08. The van der Waals surface area contributed by atoms with E-state index in [1.807, 2.05) is 0 Å². The minimum atomic E-state index is -4.67. The number of hydrogen-bond acceptors (Lipinski definition) is 4. The number of nitrogens with zero attached hydrogens (tertiary/aromatic N) is 2. The van der Waals surface area contributed by atoms with Crippen LogP contribution in [-0.4, -0.2) is 32.6 Å². The highest BCUT2D eigenvalue weighted by Crippen LogP contribution is 2.34. The van der Waals surface area contributed by atoms with Crippen LogP contribution in [0.25, 0.3) is 22.0 Å². The van der Waals surface area contributed by atoms with E-state index in [0.29, 0.717) is 17.1 Å². The lowest BCUT2D eigenvalue weighted by Gasteiger charge is -2.18. The van der Waals surface area contributed by atoms with Gasteiger partial charge in [-0.15, -0.1) is 0 Å². The van der Waals surface area contributed by atoms with E-state index in [9.17, 15) is 32.7 Å². The number of aromatic nitrogens is 2. The lowest BCUT2D eigenvalue weighted by Crippen LogP contribution is -2.42. The first-order chi connectivity index (χ1) is 17.9. The lowest BCUT2D eigenvalue weighted by molar-refractivity contribution is -0.139. The highest BCUT2D eigenvalue weighted by atomic mass is 35.5. The summed E-state index contributed by atoms with van der Waals surface area (Å²) in [6.45, 7) is 0. The van der Waals surface area contributed by atoms with Crippen molar-refractivity contribution in [1.82, 2.24) is 14.9 Å². The third-order valence-electron chi connectivity index (χ3n) is 5.87. The van der Waals surface area contributed by atoms with Gasteiger partial charge in [-0.2, -0.15) is 13.2 Å². The monoisotopic (exact) mass is 563 g/mol. The van der Waals surface area contributed by atoms with Gasteiger partial charge in [0.25, 0.3) is 11.5 Å². The summed E-state index contributed by atoms with van der Waals surface area (Å²) in [5.74, 6) is -2.14. The smallest absolute Gasteiger partial charge is 0.417 e. The van der Waals surface area contributed by atoms with Gasteiger partial charge in [0.1, 0.15) is 6.04 Å². The summed E-state index contributed by atoms with van der Waals surface area (Å²) in [6, 6.07) is 9.77. The van der Waals surface area contributed by atoms with Crippen LogP contribution < -0.4 is 10.9 Å². The molecule has 4 rings (SSSR count). The molecule has 4 aromatic rings. The number of hydrogen-bond donors (Lipinski definition) is 2. The minimum Gasteiger partial charge on any atom is -0.480 e. The first kappa shape index (κ1) is 27.2. The summed E-state index contributed by atoms with van der Waals surface area (Å²) in [7, 11) is 1.22. The molecule has 2 aromatic carbocycles. The molecule has 0 aliphatic heterocycles. The molecule has 2 N–H and O–H groups in total. The van der Waals surface area contributed by atoms with Crippen LogP contribution in [0.1, 0.15) is 21.5 Å². The Hall–Kier alpha value is -3.89. The van der Waals surface area contributed by atoms with E-state index in [1.165, 1.54) is 43.6 Å². The molecule has 1 amide bonds. The van der Waals surface area contributed by atoms with Crippen molar-refractivity contribution in [2.75, 3.05) is 0 Å². The first-order valence-corrected chi connectivity index (χ1v) is 11.8. The summed E-state index contributed by atoms with van der Waals surface area (Å²) >= 11 is 12.1. The molecule has 196 valence electrons. The molecule has 2 heterocycles. The number of nitrogens with one attached hydrogen (secondary N) is 1. The Balaban J connectivity index is 1.76. The Morgan fingerprint density at radius 2 is 1.76 bits per heavy atom. The van der Waals surface area contributed by atoms with Crippen molar-refractivity contribution in [3.63, 3.8) is 0 Å². The van der Waals surface area contributed by atoms with E-state index in [2.05, 4.69) is 10.3 Å². The number of amides is 1. The SMILES string of the molecule is Cn1cc(C(F)(F)F)cc(-c2ccc(CC(NC(=O)c3c(Cl)cccc3Cl)C(=O)O)c3ncccc23)c1=O. The zero-order chi connectivity index (χ0) is 27.8. The second-order valence-electron chi connectivity index (χ2n) is 8.39. The quantitative estimate of drug-likeness (QED) is 0.329. The average Bonchev–Trinajstić information content (AvgIpc) is 2.84. The molecule has 1 unspecified atom stereocenters. The van der Waals surface area contributed by atoms with Crippen molar-refractivity contribution in [2.24, 2.45) is 7.05 Å². The predicted octanol–water partition coefficient (Wildman–Crippen LogP) is 5.35. The number of alkyl halides is 3. The van der Waals surface area contributed by atoms with Gasteiger partial charge in [-0.25, -0.2) is 4.79 Å². The van der Waals surface area contributed by atoms with E-state index in [-0.39, 0.29) is 38.7 Å². The maximum atomic E-state index is 13.4. The number of carboxylic acids is 1. The third kappa shape index (κ3) is 5.36. The van der Waals surface area contributed by atoms with E-state index < -0.39 is 35.2 Å². The highest BCUT2D eigenvalue weighted by Gasteiger charge is 2.32. The Morgan fingerprint density at radius 1 is 1.08 bits per heavy atom. The number of carbonyl (C=O) groups excluding carboxylic acids is 1. The van der Waals surface area contributed by atoms with Gasteiger partial charge >= 0.3 is 12.1 Å². The van der Waals surface area contributed by atoms with Crippen molar-refractivity contribution >= 4 is 46.0 Å². The van der Waals surface area contributed by atoms with E-state index >= 15 is 0 Å². The Kier molecular flexibility index (Phi) is 7.48. The molecular weight excluding hydrogens is 546 g/mol. The standard InChI is InChI=1S/C26H18Cl2F3N3O4/c1-34-12-14(26(29,30)31)11-17(24(34)36)15-8-7-13(22-16(15)4-3-9-32-22)10-20(25(37)38)33-23(35)21-18(27)5-2-6-19(21)28/h2-9,11-12,20H,10H2,1H3,(H,33,35)(H,37,38). The number of fused-ring (bicyclic) bond motifs is 1. The van der Waals surface area contributed by atoms with Crippen LogP contribution in [-0.2, 0) is 24.4 Å². The molecule has 0 saturated carbocycles. The maximum Gasteiger partial charge on any atom is 0.417 e. The van der Waals surface area contributed by atoms with E-state index in [0.717, 1.165) is 10.6 Å². The van der Waals surface area contributed by atoms with Gasteiger partial charge in [0, 0.05) is 36.8 Å². The Morgan fingerprint density at radius 3 is 2.39 bits per heavy atom. The van der Waals surface area contributed by atoms with Crippen molar-refractivity contribution in [1.29, 1.82) is 0 Å². The van der Waals surface area contributed by atoms with Crippen molar-refractivity contribution in [2.45, 2.75) is 18.6 Å². The third-order valence-corrected chi connectivity index (χ3v) is 6.50. The molecule has 12 heteroatoms. The first-order valence-electron chi connectivity index (χ1n) is 11.0. The molecule has 0 aliphatic rings. The molecule has 38 heavy (non-hydrogen) atoms. The van der Waals surface area contributed by atoms with Crippen molar-refractivity contribution in [3.8, 4) is 11.1 Å². The lowest BCUT2D eigenvalue weighted by atomic mass is 9.95. The number of carboxylic acid groups (broad SMARTS) is 1. The fourth-order valence-electron chi connectivity index (χ4n) is 4.06. The van der Waals surface area contributed by atoms with Gasteiger partial charge in [-0.3, -0.25) is 14.6 Å². The number of halogens is 5. The topological polar surface area (TPSA) is 101 Å². The number of benzene rings is 2. The molecule has 0 saturated heterocycles. The molecule has 1 atom stereocenters. The maximum absolute atomic E-state index is 13.4. The van der Waals surface area contributed by atoms with Gasteiger partial charge in [0.15, 0.2) is 0 Å². The van der Waals surface area contributed by atoms with Crippen LogP contribution in [0.4, 0.5) is 13.2 Å². The normalized spacial score (nSPS) is 12.4. The second-order valence-corrected chi connectivity index (χ2v) is 9.21. The van der Waals surface area contributed by atoms with Crippen LogP contribution >= 0.6 is 23.2 Å². The molecule has 0 radical (unpaired) electrons. The van der Waals surface area contributed by atoms with Crippen LogP contribution in [0.3, 0.4) is 0 Å². The highest BCUT2D eigenvalue weighted by molar-refractivity contribution is 6.39. The summed E-state index contributed by atoms with van der Waals surface area (Å²) in [4.78, 5) is 41.9. The molecule has 2 aromatic heterocycles. The second kappa shape index (κ2) is 10.5. The summed E-state index contributed by atoms with van der Waals surface area (Å²) in [6.07, 6.45) is -2.76. The molecular formula is C26H18Cl2F3N3O4. The van der Waals surface area contributed by atoms with Crippen molar-refractivity contribution in [3.05, 3.63) is 98.0 Å². The number of pyridine rings is 2. The fraction of sp³-hybridized carbons (Fsp3) is 0.154. The van der Waals surface area contributed by atoms with Gasteiger partial charge in [-0.1, -0.05) is 47.5 Å². The summed E-state index contributed by atoms with van der Waals surface area (Å²) in [5, 5.41) is 12.6. The zero-order valence-corrected chi connectivity index (χ0v) is 21.0. The van der Waals surface area contributed by atoms with Gasteiger partial charge in [-0.05, 0) is 35.4 Å². The van der Waals surface area contributed by atoms with Gasteiger partial charge in [0.2, 0.25) is 0 Å². The van der Waals surface area contributed by atoms with Crippen LogP contribution in [0.2, 0.25) is 10.0 Å². The Labute approximate surface area is 223 Å². The minimum absolute atomic E-state index is 0.0401. The van der Waals surface area contributed by atoms with Gasteiger partial charge in [0.05, 0.1) is 26.7 Å². The number of rotatable bonds is 6. The number of aliphatic carboxylic acids is 1.